The largest absolute Gasteiger partial charge is 0.494 e. The Hall–Kier alpha value is -2.20. The van der Waals surface area contributed by atoms with Gasteiger partial charge in [-0.05, 0) is 36.1 Å². The maximum absolute atomic E-state index is 5.90. The molecule has 2 aromatic carbocycles. The van der Waals surface area contributed by atoms with Crippen LogP contribution in [0.15, 0.2) is 48.5 Å². The Morgan fingerprint density at radius 3 is 1.97 bits per heavy atom. The van der Waals surface area contributed by atoms with Gasteiger partial charge in [-0.1, -0.05) is 100 Å². The zero-order valence-corrected chi connectivity index (χ0v) is 19.2. The Morgan fingerprint density at radius 1 is 0.667 bits per heavy atom. The highest BCUT2D eigenvalue weighted by Gasteiger charge is 2.07. The van der Waals surface area contributed by atoms with Gasteiger partial charge in [0.2, 0.25) is 0 Å². The number of hydrogen-bond acceptors (Lipinski definition) is 4. The smallest absolute Gasteiger partial charge is 0.147 e. The second kappa shape index (κ2) is 12.5. The normalized spacial score (nSPS) is 11.0. The lowest BCUT2D eigenvalue weighted by atomic mass is 10.0. The predicted octanol–water partition coefficient (Wildman–Crippen LogP) is 7.95. The fraction of sp³-hybridized carbons (Fsp3) is 0.462. The third-order valence-corrected chi connectivity index (χ3v) is 6.33. The van der Waals surface area contributed by atoms with E-state index in [1.165, 1.54) is 56.1 Å². The van der Waals surface area contributed by atoms with Crippen LogP contribution in [-0.2, 0) is 6.42 Å². The number of rotatable bonds is 13. The molecule has 3 rings (SSSR count). The van der Waals surface area contributed by atoms with E-state index in [4.69, 9.17) is 4.74 Å². The molecule has 160 valence electrons. The number of hydrogen-bond donors (Lipinski definition) is 0. The summed E-state index contributed by atoms with van der Waals surface area (Å²) in [6, 6.07) is 17.0. The lowest BCUT2D eigenvalue weighted by molar-refractivity contribution is 0.304. The average molecular weight is 423 g/mol. The molecular formula is C26H34N2OS. The molecular weight excluding hydrogens is 388 g/mol. The van der Waals surface area contributed by atoms with E-state index < -0.39 is 0 Å². The van der Waals surface area contributed by atoms with Crippen LogP contribution in [0.5, 0.6) is 5.75 Å². The topological polar surface area (TPSA) is 35.0 Å². The van der Waals surface area contributed by atoms with Crippen molar-refractivity contribution in [1.82, 2.24) is 10.2 Å². The molecule has 30 heavy (non-hydrogen) atoms. The van der Waals surface area contributed by atoms with E-state index in [1.54, 1.807) is 11.3 Å². The zero-order valence-electron chi connectivity index (χ0n) is 18.4. The fourth-order valence-corrected chi connectivity index (χ4v) is 4.31. The highest BCUT2D eigenvalue weighted by Crippen LogP contribution is 2.28. The quantitative estimate of drug-likeness (QED) is 0.262. The van der Waals surface area contributed by atoms with Gasteiger partial charge in [0, 0.05) is 12.0 Å². The molecule has 0 spiro atoms. The molecule has 0 amide bonds. The SMILES string of the molecule is CCCCCCCCOc1ccc(-c2ccc(-c3nnc(CCCC)s3)cc2)cc1. The van der Waals surface area contributed by atoms with Crippen molar-refractivity contribution in [2.75, 3.05) is 6.61 Å². The van der Waals surface area contributed by atoms with Crippen LogP contribution in [-0.4, -0.2) is 16.8 Å². The van der Waals surface area contributed by atoms with Gasteiger partial charge in [-0.3, -0.25) is 0 Å². The Kier molecular flexibility index (Phi) is 9.36. The van der Waals surface area contributed by atoms with Crippen LogP contribution in [0.1, 0.15) is 70.2 Å². The second-order valence-corrected chi connectivity index (χ2v) is 8.88. The summed E-state index contributed by atoms with van der Waals surface area (Å²) in [7, 11) is 0. The predicted molar refractivity (Wildman–Crippen MR) is 128 cm³/mol. The van der Waals surface area contributed by atoms with Crippen LogP contribution in [0.25, 0.3) is 21.7 Å². The number of benzene rings is 2. The average Bonchev–Trinajstić information content (AvgIpc) is 3.27. The summed E-state index contributed by atoms with van der Waals surface area (Å²) in [5.74, 6) is 0.956. The van der Waals surface area contributed by atoms with Crippen LogP contribution in [0.2, 0.25) is 0 Å². The molecule has 0 bridgehead atoms. The molecule has 0 saturated heterocycles. The van der Waals surface area contributed by atoms with E-state index in [2.05, 4.69) is 72.6 Å². The number of aromatic nitrogens is 2. The number of ether oxygens (including phenoxy) is 1. The standard InChI is InChI=1S/C26H34N2OS/c1-3-5-7-8-9-10-20-29-24-18-16-22(17-19-24)21-12-14-23(15-13-21)26-28-27-25(30-26)11-6-4-2/h12-19H,3-11,20H2,1-2H3. The molecule has 0 saturated carbocycles. The van der Waals surface area contributed by atoms with Crippen molar-refractivity contribution in [2.24, 2.45) is 0 Å². The van der Waals surface area contributed by atoms with Gasteiger partial charge in [-0.15, -0.1) is 10.2 Å². The Balaban J connectivity index is 1.49. The minimum absolute atomic E-state index is 0.808. The second-order valence-electron chi connectivity index (χ2n) is 7.82. The van der Waals surface area contributed by atoms with Crippen molar-refractivity contribution < 1.29 is 4.74 Å². The van der Waals surface area contributed by atoms with Gasteiger partial charge in [0.15, 0.2) is 0 Å². The van der Waals surface area contributed by atoms with E-state index in [0.29, 0.717) is 0 Å². The minimum Gasteiger partial charge on any atom is -0.494 e. The number of nitrogens with zero attached hydrogens (tertiary/aromatic N) is 2. The molecule has 0 atom stereocenters. The van der Waals surface area contributed by atoms with Gasteiger partial charge in [0.05, 0.1) is 6.61 Å². The summed E-state index contributed by atoms with van der Waals surface area (Å²) in [5, 5.41) is 10.8. The first kappa shape index (κ1) is 22.5. The van der Waals surface area contributed by atoms with Crippen LogP contribution in [0.3, 0.4) is 0 Å². The van der Waals surface area contributed by atoms with Crippen LogP contribution >= 0.6 is 11.3 Å². The third-order valence-electron chi connectivity index (χ3n) is 5.30. The van der Waals surface area contributed by atoms with Crippen molar-refractivity contribution in [2.45, 2.75) is 71.6 Å². The first-order valence-corrected chi connectivity index (χ1v) is 12.3. The maximum Gasteiger partial charge on any atom is 0.147 e. The lowest BCUT2D eigenvalue weighted by Gasteiger charge is -2.08. The molecule has 1 heterocycles. The molecule has 0 aliphatic heterocycles. The molecule has 3 aromatic rings. The Labute approximate surface area is 185 Å². The monoisotopic (exact) mass is 422 g/mol. The van der Waals surface area contributed by atoms with Crippen LogP contribution < -0.4 is 4.74 Å². The summed E-state index contributed by atoms with van der Waals surface area (Å²) in [6.45, 7) is 5.26. The Bertz CT molecular complexity index is 855. The number of aryl methyl sites for hydroxylation is 1. The van der Waals surface area contributed by atoms with Crippen molar-refractivity contribution in [1.29, 1.82) is 0 Å². The van der Waals surface area contributed by atoms with Crippen LogP contribution in [0.4, 0.5) is 0 Å². The van der Waals surface area contributed by atoms with E-state index in [0.717, 1.165) is 40.8 Å². The number of unbranched alkanes of at least 4 members (excludes halogenated alkanes) is 6. The summed E-state index contributed by atoms with van der Waals surface area (Å²) < 4.78 is 5.90. The van der Waals surface area contributed by atoms with Crippen molar-refractivity contribution in [3.8, 4) is 27.4 Å². The molecule has 0 unspecified atom stereocenters. The first-order chi connectivity index (χ1) is 14.8. The molecule has 0 radical (unpaired) electrons. The van der Waals surface area contributed by atoms with Gasteiger partial charge in [-0.2, -0.15) is 0 Å². The van der Waals surface area contributed by atoms with E-state index >= 15 is 0 Å². The molecule has 1 aromatic heterocycles. The highest BCUT2D eigenvalue weighted by molar-refractivity contribution is 7.14. The summed E-state index contributed by atoms with van der Waals surface area (Å²) in [5.41, 5.74) is 3.55. The first-order valence-electron chi connectivity index (χ1n) is 11.5. The van der Waals surface area contributed by atoms with Gasteiger partial charge >= 0.3 is 0 Å². The van der Waals surface area contributed by atoms with Crippen LogP contribution in [0, 0.1) is 0 Å². The Morgan fingerprint density at radius 2 is 1.27 bits per heavy atom. The molecule has 4 heteroatoms. The zero-order chi connectivity index (χ0) is 21.0. The van der Waals surface area contributed by atoms with Crippen molar-refractivity contribution in [3.05, 3.63) is 53.5 Å². The molecule has 0 N–H and O–H groups in total. The van der Waals surface area contributed by atoms with Gasteiger partial charge < -0.3 is 4.74 Å². The van der Waals surface area contributed by atoms with Gasteiger partial charge in [0.25, 0.3) is 0 Å². The maximum atomic E-state index is 5.90. The summed E-state index contributed by atoms with van der Waals surface area (Å²) in [6.07, 6.45) is 11.1. The summed E-state index contributed by atoms with van der Waals surface area (Å²) >= 11 is 1.71. The molecule has 0 aliphatic carbocycles. The molecule has 3 nitrogen and oxygen atoms in total. The molecule has 0 aliphatic rings. The van der Waals surface area contributed by atoms with E-state index in [9.17, 15) is 0 Å². The minimum atomic E-state index is 0.808. The van der Waals surface area contributed by atoms with E-state index in [1.807, 2.05) is 0 Å². The fourth-order valence-electron chi connectivity index (χ4n) is 3.42. The van der Waals surface area contributed by atoms with Crippen molar-refractivity contribution in [3.63, 3.8) is 0 Å². The van der Waals surface area contributed by atoms with Gasteiger partial charge in [0.1, 0.15) is 15.8 Å². The highest BCUT2D eigenvalue weighted by atomic mass is 32.1. The van der Waals surface area contributed by atoms with Crippen molar-refractivity contribution >= 4 is 11.3 Å². The third kappa shape index (κ3) is 6.94. The van der Waals surface area contributed by atoms with E-state index in [-0.39, 0.29) is 0 Å². The molecule has 0 fully saturated rings. The van der Waals surface area contributed by atoms with Gasteiger partial charge in [-0.25, -0.2) is 0 Å². The summed E-state index contributed by atoms with van der Waals surface area (Å²) in [4.78, 5) is 0. The lowest BCUT2D eigenvalue weighted by Crippen LogP contribution is -1.97.